The highest BCUT2D eigenvalue weighted by Gasteiger charge is 2.15. The average Bonchev–Trinajstić information content (AvgIpc) is 2.59. The number of imidazole rings is 1. The van der Waals surface area contributed by atoms with Gasteiger partial charge in [-0.25, -0.2) is 9.78 Å². The summed E-state index contributed by atoms with van der Waals surface area (Å²) >= 11 is 0. The number of hydrogen-bond acceptors (Lipinski definition) is 5. The summed E-state index contributed by atoms with van der Waals surface area (Å²) in [6.07, 6.45) is 2.25. The summed E-state index contributed by atoms with van der Waals surface area (Å²) in [4.78, 5) is 25.5. The first-order valence-electron chi connectivity index (χ1n) is 4.73. The fourth-order valence-corrected chi connectivity index (χ4v) is 1.25. The number of carbonyl (C=O) groups excluding carboxylic acids is 2. The van der Waals surface area contributed by atoms with Gasteiger partial charge in [0.25, 0.3) is 0 Å². The minimum atomic E-state index is -0.578. The Morgan fingerprint density at radius 2 is 2.25 bits per heavy atom. The van der Waals surface area contributed by atoms with Crippen molar-refractivity contribution in [3.05, 3.63) is 12.0 Å². The van der Waals surface area contributed by atoms with Crippen molar-refractivity contribution in [2.24, 2.45) is 5.73 Å². The predicted octanol–water partition coefficient (Wildman–Crippen LogP) is -0.483. The number of nitrogens with zero attached hydrogens (tertiary/aromatic N) is 2. The molecule has 0 aliphatic heterocycles. The van der Waals surface area contributed by atoms with Crippen LogP contribution >= 0.6 is 0 Å². The Morgan fingerprint density at radius 3 is 2.81 bits per heavy atom. The van der Waals surface area contributed by atoms with Gasteiger partial charge in [0, 0.05) is 13.0 Å². The first-order chi connectivity index (χ1) is 7.56. The molecule has 1 aromatic heterocycles. The summed E-state index contributed by atoms with van der Waals surface area (Å²) in [6.45, 7) is 0.485. The zero-order chi connectivity index (χ0) is 12.1. The molecule has 0 fully saturated rings. The maximum absolute atomic E-state index is 11.2. The molecule has 7 nitrogen and oxygen atoms in total. The summed E-state index contributed by atoms with van der Waals surface area (Å²) in [5, 5.41) is 0. The number of ether oxygens (including phenoxy) is 1. The highest BCUT2D eigenvalue weighted by atomic mass is 16.5. The lowest BCUT2D eigenvalue weighted by atomic mass is 10.3. The molecule has 1 rings (SSSR count). The quantitative estimate of drug-likeness (QED) is 0.658. The first kappa shape index (κ1) is 12.0. The van der Waals surface area contributed by atoms with E-state index in [1.807, 2.05) is 0 Å². The number of esters is 1. The van der Waals surface area contributed by atoms with Crippen LogP contribution in [0.1, 0.15) is 23.3 Å². The molecule has 0 aliphatic rings. The number of aryl methyl sites for hydroxylation is 1. The van der Waals surface area contributed by atoms with Gasteiger partial charge in [-0.3, -0.25) is 4.79 Å². The number of carbonyl (C=O) groups is 2. The lowest BCUT2D eigenvalue weighted by molar-refractivity contribution is -0.118. The molecule has 0 atom stereocenters. The Balaban J connectivity index is 2.65. The Labute approximate surface area is 92.4 Å². The number of anilines is 1. The summed E-state index contributed by atoms with van der Waals surface area (Å²) in [6, 6.07) is 0. The Bertz CT molecular complexity index is 399. The second-order valence-electron chi connectivity index (χ2n) is 3.23. The van der Waals surface area contributed by atoms with E-state index in [0.29, 0.717) is 13.0 Å². The van der Waals surface area contributed by atoms with Gasteiger partial charge in [-0.15, -0.1) is 0 Å². The van der Waals surface area contributed by atoms with Crippen LogP contribution in [0.5, 0.6) is 0 Å². The minimum absolute atomic E-state index is 0.0848. The van der Waals surface area contributed by atoms with Crippen molar-refractivity contribution in [3.63, 3.8) is 0 Å². The number of rotatable bonds is 5. The summed E-state index contributed by atoms with van der Waals surface area (Å²) in [7, 11) is 1.26. The van der Waals surface area contributed by atoms with Crippen LogP contribution < -0.4 is 11.5 Å². The zero-order valence-electron chi connectivity index (χ0n) is 8.97. The predicted molar refractivity (Wildman–Crippen MR) is 56.4 cm³/mol. The third kappa shape index (κ3) is 2.72. The number of nitrogen functional groups attached to an aromatic ring is 1. The molecule has 1 aromatic rings. The van der Waals surface area contributed by atoms with Crippen molar-refractivity contribution in [3.8, 4) is 0 Å². The zero-order valence-corrected chi connectivity index (χ0v) is 8.97. The molecule has 1 heterocycles. The van der Waals surface area contributed by atoms with Gasteiger partial charge in [0.2, 0.25) is 5.91 Å². The van der Waals surface area contributed by atoms with Crippen LogP contribution in [0.15, 0.2) is 6.33 Å². The van der Waals surface area contributed by atoms with Crippen LogP contribution in [0.2, 0.25) is 0 Å². The van der Waals surface area contributed by atoms with E-state index in [2.05, 4.69) is 9.72 Å². The number of aromatic nitrogens is 2. The van der Waals surface area contributed by atoms with Crippen LogP contribution in [0.3, 0.4) is 0 Å². The van der Waals surface area contributed by atoms with Gasteiger partial charge >= 0.3 is 5.97 Å². The molecule has 0 aliphatic carbocycles. The summed E-state index contributed by atoms with van der Waals surface area (Å²) in [5.74, 6) is -0.714. The molecular weight excluding hydrogens is 212 g/mol. The lowest BCUT2D eigenvalue weighted by Gasteiger charge is -2.03. The third-order valence-electron chi connectivity index (χ3n) is 2.08. The highest BCUT2D eigenvalue weighted by molar-refractivity contribution is 5.92. The molecule has 0 radical (unpaired) electrons. The average molecular weight is 226 g/mol. The Morgan fingerprint density at radius 1 is 1.56 bits per heavy atom. The van der Waals surface area contributed by atoms with Crippen molar-refractivity contribution >= 4 is 17.7 Å². The van der Waals surface area contributed by atoms with Crippen molar-refractivity contribution < 1.29 is 14.3 Å². The van der Waals surface area contributed by atoms with Gasteiger partial charge in [0.05, 0.1) is 13.4 Å². The van der Waals surface area contributed by atoms with E-state index >= 15 is 0 Å². The molecule has 1 amide bonds. The van der Waals surface area contributed by atoms with Gasteiger partial charge in [0.1, 0.15) is 5.82 Å². The van der Waals surface area contributed by atoms with E-state index in [-0.39, 0.29) is 23.8 Å². The summed E-state index contributed by atoms with van der Waals surface area (Å²) in [5.41, 5.74) is 10.8. The maximum atomic E-state index is 11.2. The SMILES string of the molecule is COC(=O)c1ncn(CCCC(N)=O)c1N. The molecule has 16 heavy (non-hydrogen) atoms. The van der Waals surface area contributed by atoms with Gasteiger partial charge < -0.3 is 20.8 Å². The van der Waals surface area contributed by atoms with E-state index in [4.69, 9.17) is 11.5 Å². The van der Waals surface area contributed by atoms with Crippen LogP contribution in [0.4, 0.5) is 5.82 Å². The van der Waals surface area contributed by atoms with E-state index in [1.165, 1.54) is 13.4 Å². The molecule has 4 N–H and O–H groups in total. The van der Waals surface area contributed by atoms with Gasteiger partial charge in [-0.2, -0.15) is 0 Å². The van der Waals surface area contributed by atoms with Crippen molar-refractivity contribution in [2.45, 2.75) is 19.4 Å². The Hall–Kier alpha value is -2.05. The molecule has 0 spiro atoms. The molecule has 0 saturated carbocycles. The van der Waals surface area contributed by atoms with Crippen LogP contribution in [-0.4, -0.2) is 28.5 Å². The summed E-state index contributed by atoms with van der Waals surface area (Å²) < 4.78 is 6.08. The number of nitrogens with two attached hydrogens (primary N) is 2. The largest absolute Gasteiger partial charge is 0.464 e. The molecular formula is C9H14N4O3. The second-order valence-corrected chi connectivity index (χ2v) is 3.23. The van der Waals surface area contributed by atoms with Crippen molar-refractivity contribution in [1.29, 1.82) is 0 Å². The van der Waals surface area contributed by atoms with E-state index < -0.39 is 5.97 Å². The van der Waals surface area contributed by atoms with E-state index in [1.54, 1.807) is 4.57 Å². The molecule has 0 saturated heterocycles. The van der Waals surface area contributed by atoms with Crippen molar-refractivity contribution in [1.82, 2.24) is 9.55 Å². The molecule has 0 bridgehead atoms. The lowest BCUT2D eigenvalue weighted by Crippen LogP contribution is -2.12. The molecule has 7 heteroatoms. The van der Waals surface area contributed by atoms with E-state index in [0.717, 1.165) is 0 Å². The molecule has 88 valence electrons. The fourth-order valence-electron chi connectivity index (χ4n) is 1.25. The first-order valence-corrected chi connectivity index (χ1v) is 4.73. The van der Waals surface area contributed by atoms with Gasteiger partial charge in [-0.1, -0.05) is 0 Å². The smallest absolute Gasteiger partial charge is 0.360 e. The topological polar surface area (TPSA) is 113 Å². The van der Waals surface area contributed by atoms with Crippen LogP contribution in [-0.2, 0) is 16.1 Å². The number of amides is 1. The maximum Gasteiger partial charge on any atom is 0.360 e. The number of primary amides is 1. The number of methoxy groups -OCH3 is 1. The second kappa shape index (κ2) is 5.15. The normalized spacial score (nSPS) is 10.1. The van der Waals surface area contributed by atoms with E-state index in [9.17, 15) is 9.59 Å². The van der Waals surface area contributed by atoms with Crippen LogP contribution in [0, 0.1) is 0 Å². The monoisotopic (exact) mass is 226 g/mol. The van der Waals surface area contributed by atoms with Crippen molar-refractivity contribution in [2.75, 3.05) is 12.8 Å². The standard InChI is InChI=1S/C9H14N4O3/c1-16-9(15)7-8(11)13(5-12-7)4-2-3-6(10)14/h5H,2-4,11H2,1H3,(H2,10,14). The molecule has 0 aromatic carbocycles. The third-order valence-corrected chi connectivity index (χ3v) is 2.08. The highest BCUT2D eigenvalue weighted by Crippen LogP contribution is 2.11. The fraction of sp³-hybridized carbons (Fsp3) is 0.444. The number of hydrogen-bond donors (Lipinski definition) is 2. The minimum Gasteiger partial charge on any atom is -0.464 e. The molecule has 0 unspecified atom stereocenters. The van der Waals surface area contributed by atoms with Gasteiger partial charge in [0.15, 0.2) is 5.69 Å². The van der Waals surface area contributed by atoms with Gasteiger partial charge in [-0.05, 0) is 6.42 Å². The Kier molecular flexibility index (Phi) is 3.87. The van der Waals surface area contributed by atoms with Crippen LogP contribution in [0.25, 0.3) is 0 Å².